The Morgan fingerprint density at radius 1 is 1.17 bits per heavy atom. The Kier molecular flexibility index (Phi) is 6.88. The highest BCUT2D eigenvalue weighted by molar-refractivity contribution is 5.85. The largest absolute Gasteiger partial charge is 0.340 e. The molecule has 4 nitrogen and oxygen atoms in total. The number of rotatable bonds is 3. The molecule has 0 bridgehead atoms. The van der Waals surface area contributed by atoms with Gasteiger partial charge in [-0.05, 0) is 31.9 Å². The van der Waals surface area contributed by atoms with Gasteiger partial charge in [0.05, 0.1) is 0 Å². The van der Waals surface area contributed by atoms with Crippen LogP contribution in [0.2, 0.25) is 0 Å². The standard InChI is InChI=1S/C18H27N3O.ClH/c1-15-13-17(7-8-19-15)18(22)21-11-9-20(10-12-21)14-16-5-3-2-4-6-16;/h2-6,15,17,19H,7-14H2,1H3;1H/t15-,17-;/m0./s1. The molecule has 0 saturated carbocycles. The molecular formula is C18H28ClN3O. The molecule has 1 aromatic carbocycles. The van der Waals surface area contributed by atoms with Crippen LogP contribution in [0.3, 0.4) is 0 Å². The summed E-state index contributed by atoms with van der Waals surface area (Å²) in [5, 5.41) is 3.43. The number of piperidine rings is 1. The molecule has 0 unspecified atom stereocenters. The Hall–Kier alpha value is -1.10. The van der Waals surface area contributed by atoms with Crippen molar-refractivity contribution in [2.24, 2.45) is 5.92 Å². The van der Waals surface area contributed by atoms with Crippen LogP contribution in [0.1, 0.15) is 25.3 Å². The zero-order valence-corrected chi connectivity index (χ0v) is 14.7. The monoisotopic (exact) mass is 337 g/mol. The number of nitrogens with one attached hydrogen (secondary N) is 1. The predicted octanol–water partition coefficient (Wildman–Crippen LogP) is 2.14. The van der Waals surface area contributed by atoms with Gasteiger partial charge in [0.2, 0.25) is 5.91 Å². The molecule has 1 aromatic rings. The first-order chi connectivity index (χ1) is 10.7. The molecule has 2 saturated heterocycles. The third kappa shape index (κ3) is 4.93. The fourth-order valence-corrected chi connectivity index (χ4v) is 3.58. The third-order valence-corrected chi connectivity index (χ3v) is 4.91. The summed E-state index contributed by atoms with van der Waals surface area (Å²) in [7, 11) is 0. The van der Waals surface area contributed by atoms with Crippen LogP contribution in [-0.4, -0.2) is 54.5 Å². The maximum absolute atomic E-state index is 12.6. The van der Waals surface area contributed by atoms with Crippen molar-refractivity contribution in [3.05, 3.63) is 35.9 Å². The molecule has 2 aliphatic heterocycles. The smallest absolute Gasteiger partial charge is 0.225 e. The van der Waals surface area contributed by atoms with Crippen LogP contribution in [0, 0.1) is 5.92 Å². The Morgan fingerprint density at radius 2 is 1.87 bits per heavy atom. The van der Waals surface area contributed by atoms with E-state index in [0.29, 0.717) is 11.9 Å². The maximum Gasteiger partial charge on any atom is 0.225 e. The second-order valence-corrected chi connectivity index (χ2v) is 6.66. The van der Waals surface area contributed by atoms with Gasteiger partial charge in [0.1, 0.15) is 0 Å². The van der Waals surface area contributed by atoms with Crippen LogP contribution in [-0.2, 0) is 11.3 Å². The second-order valence-electron chi connectivity index (χ2n) is 6.66. The van der Waals surface area contributed by atoms with Crippen molar-refractivity contribution in [1.82, 2.24) is 15.1 Å². The van der Waals surface area contributed by atoms with Crippen molar-refractivity contribution in [3.8, 4) is 0 Å². The lowest BCUT2D eigenvalue weighted by atomic mass is 9.92. The summed E-state index contributed by atoms with van der Waals surface area (Å²) in [6.45, 7) is 7.88. The van der Waals surface area contributed by atoms with Gasteiger partial charge in [-0.25, -0.2) is 0 Å². The van der Waals surface area contributed by atoms with Crippen molar-refractivity contribution >= 4 is 18.3 Å². The summed E-state index contributed by atoms with van der Waals surface area (Å²) >= 11 is 0. The minimum Gasteiger partial charge on any atom is -0.340 e. The molecular weight excluding hydrogens is 310 g/mol. The van der Waals surface area contributed by atoms with Gasteiger partial charge >= 0.3 is 0 Å². The fraction of sp³-hybridized carbons (Fsp3) is 0.611. The van der Waals surface area contributed by atoms with Gasteiger partial charge < -0.3 is 10.2 Å². The maximum atomic E-state index is 12.6. The lowest BCUT2D eigenvalue weighted by Gasteiger charge is -2.38. The summed E-state index contributed by atoms with van der Waals surface area (Å²) in [5.74, 6) is 0.615. The van der Waals surface area contributed by atoms with E-state index < -0.39 is 0 Å². The first-order valence-corrected chi connectivity index (χ1v) is 8.51. The highest BCUT2D eigenvalue weighted by atomic mass is 35.5. The van der Waals surface area contributed by atoms with Crippen molar-refractivity contribution in [2.45, 2.75) is 32.4 Å². The van der Waals surface area contributed by atoms with Crippen LogP contribution < -0.4 is 5.32 Å². The summed E-state index contributed by atoms with van der Waals surface area (Å²) in [4.78, 5) is 17.2. The Labute approximate surface area is 145 Å². The van der Waals surface area contributed by atoms with Crippen LogP contribution in [0.4, 0.5) is 0 Å². The first kappa shape index (κ1) is 18.2. The molecule has 3 rings (SSSR count). The van der Waals surface area contributed by atoms with E-state index in [2.05, 4.69) is 52.4 Å². The van der Waals surface area contributed by atoms with Crippen molar-refractivity contribution in [1.29, 1.82) is 0 Å². The van der Waals surface area contributed by atoms with Crippen molar-refractivity contribution in [2.75, 3.05) is 32.7 Å². The summed E-state index contributed by atoms with van der Waals surface area (Å²) in [6, 6.07) is 11.1. The van der Waals surface area contributed by atoms with Crippen LogP contribution in [0.25, 0.3) is 0 Å². The van der Waals surface area contributed by atoms with Crippen LogP contribution in [0.15, 0.2) is 30.3 Å². The third-order valence-electron chi connectivity index (χ3n) is 4.91. The zero-order chi connectivity index (χ0) is 15.4. The summed E-state index contributed by atoms with van der Waals surface area (Å²) in [5.41, 5.74) is 1.36. The quantitative estimate of drug-likeness (QED) is 0.918. The van der Waals surface area contributed by atoms with E-state index in [-0.39, 0.29) is 18.3 Å². The first-order valence-electron chi connectivity index (χ1n) is 8.51. The number of hydrogen-bond acceptors (Lipinski definition) is 3. The summed E-state index contributed by atoms with van der Waals surface area (Å²) in [6.07, 6.45) is 1.98. The van der Waals surface area contributed by atoms with Gasteiger partial charge in [-0.2, -0.15) is 0 Å². The molecule has 2 aliphatic rings. The van der Waals surface area contributed by atoms with Crippen LogP contribution in [0.5, 0.6) is 0 Å². The molecule has 2 heterocycles. The second kappa shape index (κ2) is 8.67. The number of carbonyl (C=O) groups excluding carboxylic acids is 1. The molecule has 128 valence electrons. The number of piperazine rings is 1. The van der Waals surface area contributed by atoms with Gasteiger partial charge in [-0.15, -0.1) is 12.4 Å². The Morgan fingerprint density at radius 3 is 2.52 bits per heavy atom. The molecule has 1 amide bonds. The lowest BCUT2D eigenvalue weighted by molar-refractivity contribution is -0.138. The zero-order valence-electron chi connectivity index (χ0n) is 13.9. The van der Waals surface area contributed by atoms with E-state index in [1.807, 2.05) is 0 Å². The average molecular weight is 338 g/mol. The van der Waals surface area contributed by atoms with Crippen molar-refractivity contribution < 1.29 is 4.79 Å². The number of carbonyl (C=O) groups is 1. The van der Waals surface area contributed by atoms with E-state index in [9.17, 15) is 4.79 Å². The van der Waals surface area contributed by atoms with E-state index in [4.69, 9.17) is 0 Å². The molecule has 0 aromatic heterocycles. The van der Waals surface area contributed by atoms with Gasteiger partial charge in [0, 0.05) is 44.7 Å². The van der Waals surface area contributed by atoms with Gasteiger partial charge in [-0.1, -0.05) is 30.3 Å². The molecule has 2 atom stereocenters. The predicted molar refractivity (Wildman–Crippen MR) is 95.7 cm³/mol. The lowest BCUT2D eigenvalue weighted by Crippen LogP contribution is -2.51. The van der Waals surface area contributed by atoms with E-state index in [0.717, 1.165) is 52.1 Å². The molecule has 0 aliphatic carbocycles. The molecule has 0 radical (unpaired) electrons. The van der Waals surface area contributed by atoms with Crippen molar-refractivity contribution in [3.63, 3.8) is 0 Å². The van der Waals surface area contributed by atoms with Gasteiger partial charge in [-0.3, -0.25) is 9.69 Å². The number of amides is 1. The Balaban J connectivity index is 0.00000192. The van der Waals surface area contributed by atoms with E-state index in [1.54, 1.807) is 0 Å². The number of nitrogens with zero attached hydrogens (tertiary/aromatic N) is 2. The van der Waals surface area contributed by atoms with E-state index >= 15 is 0 Å². The highest BCUT2D eigenvalue weighted by Crippen LogP contribution is 2.20. The highest BCUT2D eigenvalue weighted by Gasteiger charge is 2.30. The molecule has 1 N–H and O–H groups in total. The molecule has 2 fully saturated rings. The number of benzene rings is 1. The van der Waals surface area contributed by atoms with Gasteiger partial charge in [0.25, 0.3) is 0 Å². The Bertz CT molecular complexity index is 488. The number of hydrogen-bond donors (Lipinski definition) is 1. The fourth-order valence-electron chi connectivity index (χ4n) is 3.58. The average Bonchev–Trinajstić information content (AvgIpc) is 2.56. The molecule has 0 spiro atoms. The molecule has 23 heavy (non-hydrogen) atoms. The molecule has 5 heteroatoms. The number of halogens is 1. The minimum absolute atomic E-state index is 0. The van der Waals surface area contributed by atoms with Crippen LogP contribution >= 0.6 is 12.4 Å². The van der Waals surface area contributed by atoms with E-state index in [1.165, 1.54) is 5.56 Å². The normalized spacial score (nSPS) is 25.7. The SMILES string of the molecule is C[C@H]1C[C@@H](C(=O)N2CCN(Cc3ccccc3)CC2)CCN1.Cl. The minimum atomic E-state index is 0. The summed E-state index contributed by atoms with van der Waals surface area (Å²) < 4.78 is 0. The topological polar surface area (TPSA) is 35.6 Å². The van der Waals surface area contributed by atoms with Gasteiger partial charge in [0.15, 0.2) is 0 Å².